The predicted molar refractivity (Wildman–Crippen MR) is 82.2 cm³/mol. The maximum absolute atomic E-state index is 12.4. The molecule has 0 bridgehead atoms. The Labute approximate surface area is 127 Å². The van der Waals surface area contributed by atoms with Crippen molar-refractivity contribution in [1.29, 1.82) is 0 Å². The van der Waals surface area contributed by atoms with Crippen LogP contribution in [0.2, 0.25) is 0 Å². The summed E-state index contributed by atoms with van der Waals surface area (Å²) in [6.07, 6.45) is -2.61. The third-order valence-corrected chi connectivity index (χ3v) is 3.85. The maximum Gasteiger partial charge on any atom is 0.430 e. The number of alkyl halides is 3. The van der Waals surface area contributed by atoms with Gasteiger partial charge in [0.15, 0.2) is 0 Å². The van der Waals surface area contributed by atoms with Crippen LogP contribution in [0.4, 0.5) is 18.3 Å². The second-order valence-electron chi connectivity index (χ2n) is 4.59. The Morgan fingerprint density at radius 3 is 2.86 bits per heavy atom. The number of nitrogens with zero attached hydrogens (tertiary/aromatic N) is 2. The van der Waals surface area contributed by atoms with Gasteiger partial charge in [0, 0.05) is 28.0 Å². The lowest BCUT2D eigenvalue weighted by molar-refractivity contribution is -0.0592. The number of anilines is 1. The quantitative estimate of drug-likeness (QED) is 0.544. The van der Waals surface area contributed by atoms with E-state index in [1.165, 1.54) is 11.3 Å². The molecule has 2 heterocycles. The van der Waals surface area contributed by atoms with Crippen LogP contribution in [0.15, 0.2) is 40.9 Å². The molecule has 22 heavy (non-hydrogen) atoms. The Morgan fingerprint density at radius 2 is 2.09 bits per heavy atom. The zero-order valence-electron chi connectivity index (χ0n) is 11.4. The maximum atomic E-state index is 12.4. The van der Waals surface area contributed by atoms with Crippen LogP contribution in [-0.2, 0) is 0 Å². The molecule has 0 saturated carbocycles. The Balaban J connectivity index is 1.85. The summed E-state index contributed by atoms with van der Waals surface area (Å²) >= 11 is 1.20. The zero-order chi connectivity index (χ0) is 15.7. The first-order valence-corrected chi connectivity index (χ1v) is 7.22. The number of thiazole rings is 1. The van der Waals surface area contributed by atoms with E-state index in [-0.39, 0.29) is 0 Å². The van der Waals surface area contributed by atoms with Gasteiger partial charge in [0.2, 0.25) is 5.13 Å². The van der Waals surface area contributed by atoms with Gasteiger partial charge in [-0.1, -0.05) is 18.2 Å². The zero-order valence-corrected chi connectivity index (χ0v) is 12.2. The summed E-state index contributed by atoms with van der Waals surface area (Å²) in [5.41, 5.74) is 3.96. The lowest BCUT2D eigenvalue weighted by Gasteiger charge is -2.04. The molecule has 3 rings (SSSR count). The fourth-order valence-electron chi connectivity index (χ4n) is 1.93. The summed E-state index contributed by atoms with van der Waals surface area (Å²) < 4.78 is 37.1. The number of halogens is 3. The Morgan fingerprint density at radius 1 is 1.32 bits per heavy atom. The van der Waals surface area contributed by atoms with Crippen LogP contribution in [0.3, 0.4) is 0 Å². The number of nitrogens with one attached hydrogen (secondary N) is 2. The molecule has 4 nitrogen and oxygen atoms in total. The number of hydrogen-bond acceptors (Lipinski definition) is 4. The van der Waals surface area contributed by atoms with Crippen LogP contribution < -0.4 is 5.43 Å². The average molecular weight is 324 g/mol. The number of fused-ring (bicyclic) bond motifs is 1. The van der Waals surface area contributed by atoms with Crippen molar-refractivity contribution in [2.45, 2.75) is 13.1 Å². The van der Waals surface area contributed by atoms with E-state index in [0.717, 1.165) is 23.4 Å². The lowest BCUT2D eigenvalue weighted by atomic mass is 10.1. The van der Waals surface area contributed by atoms with Gasteiger partial charge >= 0.3 is 6.18 Å². The third-order valence-electron chi connectivity index (χ3n) is 3.10. The largest absolute Gasteiger partial charge is 0.430 e. The fraction of sp³-hybridized carbons (Fsp3) is 0.143. The minimum absolute atomic E-state index is 0.309. The van der Waals surface area contributed by atoms with Crippen molar-refractivity contribution in [1.82, 2.24) is 9.97 Å². The van der Waals surface area contributed by atoms with Crippen molar-refractivity contribution in [3.8, 4) is 11.3 Å². The molecule has 8 heteroatoms. The molecular formula is C14H11F3N4S. The summed E-state index contributed by atoms with van der Waals surface area (Å²) in [4.78, 5) is 7.40. The van der Waals surface area contributed by atoms with Crippen LogP contribution in [0.5, 0.6) is 0 Å². The number of para-hydroxylation sites is 1. The van der Waals surface area contributed by atoms with E-state index in [1.807, 2.05) is 30.5 Å². The molecule has 114 valence electrons. The predicted octanol–water partition coefficient (Wildman–Crippen LogP) is 4.64. The molecule has 0 aliphatic heterocycles. The molecule has 2 aromatic heterocycles. The standard InChI is InChI=1S/C14H11F3N4S/c1-8(14(15,16)17)20-21-13-19-12(7-22-13)10-6-18-11-5-3-2-4-9(10)11/h2-7,18H,1H3,(H,19,21)/b20-8+. The van der Waals surface area contributed by atoms with Gasteiger partial charge in [-0.05, 0) is 13.0 Å². The molecule has 1 aromatic carbocycles. The summed E-state index contributed by atoms with van der Waals surface area (Å²) in [5, 5.41) is 6.40. The van der Waals surface area contributed by atoms with Crippen LogP contribution in [0.25, 0.3) is 22.2 Å². The second-order valence-corrected chi connectivity index (χ2v) is 5.45. The molecule has 0 spiro atoms. The molecule has 0 radical (unpaired) electrons. The van der Waals surface area contributed by atoms with Gasteiger partial charge in [0.25, 0.3) is 0 Å². The molecule has 0 unspecified atom stereocenters. The molecule has 0 amide bonds. The number of aromatic nitrogens is 2. The van der Waals surface area contributed by atoms with Crippen LogP contribution >= 0.6 is 11.3 Å². The summed E-state index contributed by atoms with van der Waals surface area (Å²) in [5.74, 6) is 0. The minimum atomic E-state index is -4.44. The summed E-state index contributed by atoms with van der Waals surface area (Å²) in [7, 11) is 0. The number of aromatic amines is 1. The van der Waals surface area contributed by atoms with E-state index in [1.54, 1.807) is 5.38 Å². The number of hydrazone groups is 1. The van der Waals surface area contributed by atoms with Crippen molar-refractivity contribution in [3.05, 3.63) is 35.8 Å². The number of H-pyrrole nitrogens is 1. The van der Waals surface area contributed by atoms with Crippen LogP contribution in [-0.4, -0.2) is 21.9 Å². The van der Waals surface area contributed by atoms with Crippen molar-refractivity contribution in [2.24, 2.45) is 5.10 Å². The second kappa shape index (κ2) is 5.45. The molecule has 0 saturated heterocycles. The first kappa shape index (κ1) is 14.6. The van der Waals surface area contributed by atoms with Gasteiger partial charge in [0.1, 0.15) is 5.71 Å². The number of benzene rings is 1. The Bertz CT molecular complexity index is 832. The highest BCUT2D eigenvalue weighted by atomic mass is 32.1. The van der Waals surface area contributed by atoms with Crippen molar-refractivity contribution in [3.63, 3.8) is 0 Å². The molecule has 0 atom stereocenters. The van der Waals surface area contributed by atoms with Crippen molar-refractivity contribution < 1.29 is 13.2 Å². The van der Waals surface area contributed by atoms with E-state index >= 15 is 0 Å². The van der Waals surface area contributed by atoms with Crippen LogP contribution in [0.1, 0.15) is 6.92 Å². The molecular weight excluding hydrogens is 313 g/mol. The van der Waals surface area contributed by atoms with E-state index in [9.17, 15) is 13.2 Å². The first-order valence-electron chi connectivity index (χ1n) is 6.34. The normalized spacial score (nSPS) is 12.8. The van der Waals surface area contributed by atoms with E-state index in [2.05, 4.69) is 20.5 Å². The Hall–Kier alpha value is -2.35. The highest BCUT2D eigenvalue weighted by molar-refractivity contribution is 7.14. The average Bonchev–Trinajstić information content (AvgIpc) is 3.09. The van der Waals surface area contributed by atoms with E-state index < -0.39 is 11.9 Å². The molecule has 0 aliphatic carbocycles. The highest BCUT2D eigenvalue weighted by Gasteiger charge is 2.32. The van der Waals surface area contributed by atoms with Gasteiger partial charge in [-0.15, -0.1) is 11.3 Å². The van der Waals surface area contributed by atoms with Gasteiger partial charge in [-0.2, -0.15) is 18.3 Å². The van der Waals surface area contributed by atoms with Crippen LogP contribution in [0, 0.1) is 0 Å². The van der Waals surface area contributed by atoms with Crippen molar-refractivity contribution >= 4 is 33.1 Å². The number of rotatable bonds is 3. The molecule has 3 aromatic rings. The topological polar surface area (TPSA) is 53.1 Å². The van der Waals surface area contributed by atoms with Gasteiger partial charge < -0.3 is 4.98 Å². The molecule has 0 aliphatic rings. The molecule has 2 N–H and O–H groups in total. The van der Waals surface area contributed by atoms with Gasteiger partial charge in [-0.3, -0.25) is 5.43 Å². The fourth-order valence-corrected chi connectivity index (χ4v) is 2.58. The molecule has 0 fully saturated rings. The van der Waals surface area contributed by atoms with Crippen molar-refractivity contribution in [2.75, 3.05) is 5.43 Å². The SMILES string of the molecule is C/C(=N\Nc1nc(-c2c[nH]c3ccccc23)cs1)C(F)(F)F. The Kier molecular flexibility index (Phi) is 3.61. The lowest BCUT2D eigenvalue weighted by Crippen LogP contribution is -2.20. The van der Waals surface area contributed by atoms with E-state index in [4.69, 9.17) is 0 Å². The first-order chi connectivity index (χ1) is 10.4. The van der Waals surface area contributed by atoms with Gasteiger partial charge in [0.05, 0.1) is 5.69 Å². The smallest absolute Gasteiger partial charge is 0.360 e. The summed E-state index contributed by atoms with van der Waals surface area (Å²) in [6.45, 7) is 0.904. The monoisotopic (exact) mass is 324 g/mol. The minimum Gasteiger partial charge on any atom is -0.360 e. The van der Waals surface area contributed by atoms with Gasteiger partial charge in [-0.25, -0.2) is 4.98 Å². The summed E-state index contributed by atoms with van der Waals surface area (Å²) in [6, 6.07) is 7.74. The number of hydrogen-bond donors (Lipinski definition) is 2. The third kappa shape index (κ3) is 2.82. The highest BCUT2D eigenvalue weighted by Crippen LogP contribution is 2.31. The van der Waals surface area contributed by atoms with E-state index in [0.29, 0.717) is 10.8 Å².